The lowest BCUT2D eigenvalue weighted by Gasteiger charge is -2.37. The third-order valence-corrected chi connectivity index (χ3v) is 5.88. The van der Waals surface area contributed by atoms with Crippen molar-refractivity contribution in [3.05, 3.63) is 53.6 Å². The quantitative estimate of drug-likeness (QED) is 0.565. The lowest BCUT2D eigenvalue weighted by molar-refractivity contribution is -0.137. The summed E-state index contributed by atoms with van der Waals surface area (Å²) in [5, 5.41) is 22.4. The predicted molar refractivity (Wildman–Crippen MR) is 125 cm³/mol. The molecular weight excluding hydrogens is 406 g/mol. The molecule has 1 heterocycles. The van der Waals surface area contributed by atoms with Crippen LogP contribution in [0.25, 0.3) is 0 Å². The van der Waals surface area contributed by atoms with Crippen LogP contribution in [0.15, 0.2) is 42.5 Å². The molecule has 1 saturated heterocycles. The van der Waals surface area contributed by atoms with Gasteiger partial charge in [0.05, 0.1) is 35.7 Å². The highest BCUT2D eigenvalue weighted by atomic mass is 16.5. The van der Waals surface area contributed by atoms with Crippen LogP contribution < -0.4 is 10.2 Å². The van der Waals surface area contributed by atoms with E-state index in [1.807, 2.05) is 30.3 Å². The maximum absolute atomic E-state index is 11.4. The van der Waals surface area contributed by atoms with Crippen molar-refractivity contribution in [3.63, 3.8) is 0 Å². The molecular formula is C25H31N3O4. The van der Waals surface area contributed by atoms with Crippen molar-refractivity contribution >= 4 is 23.0 Å². The number of nitriles is 1. The van der Waals surface area contributed by atoms with Crippen LogP contribution in [0.3, 0.4) is 0 Å². The zero-order valence-corrected chi connectivity index (χ0v) is 18.7. The molecule has 0 amide bonds. The average molecular weight is 438 g/mol. The second-order valence-corrected chi connectivity index (χ2v) is 7.94. The summed E-state index contributed by atoms with van der Waals surface area (Å²) < 4.78 is 10.8. The lowest BCUT2D eigenvalue weighted by Crippen LogP contribution is -2.39. The van der Waals surface area contributed by atoms with E-state index in [4.69, 9.17) is 9.47 Å². The van der Waals surface area contributed by atoms with Crippen molar-refractivity contribution in [2.75, 3.05) is 43.7 Å². The Morgan fingerprint density at radius 3 is 2.69 bits per heavy atom. The Morgan fingerprint density at radius 1 is 1.28 bits per heavy atom. The second kappa shape index (κ2) is 11.5. The fraction of sp³-hybridized carbons (Fsp3) is 0.440. The molecule has 0 radical (unpaired) electrons. The maximum atomic E-state index is 11.4. The summed E-state index contributed by atoms with van der Waals surface area (Å²) in [6.07, 6.45) is 1.89. The first-order valence-electron chi connectivity index (χ1n) is 11.0. The molecule has 1 fully saturated rings. The van der Waals surface area contributed by atoms with Crippen molar-refractivity contribution in [2.45, 2.75) is 38.1 Å². The van der Waals surface area contributed by atoms with Gasteiger partial charge in [-0.3, -0.25) is 4.79 Å². The van der Waals surface area contributed by atoms with Gasteiger partial charge in [0, 0.05) is 38.8 Å². The Morgan fingerprint density at radius 2 is 2.03 bits per heavy atom. The molecule has 0 bridgehead atoms. The normalized spacial score (nSPS) is 15.0. The monoisotopic (exact) mass is 437 g/mol. The smallest absolute Gasteiger partial charge is 0.304 e. The number of benzene rings is 2. The van der Waals surface area contributed by atoms with Gasteiger partial charge in [0.2, 0.25) is 0 Å². The summed E-state index contributed by atoms with van der Waals surface area (Å²) in [4.78, 5) is 13.8. The molecule has 0 spiro atoms. The largest absolute Gasteiger partial charge is 0.481 e. The van der Waals surface area contributed by atoms with Crippen molar-refractivity contribution in [3.8, 4) is 6.07 Å². The van der Waals surface area contributed by atoms with Gasteiger partial charge in [-0.1, -0.05) is 18.2 Å². The Kier molecular flexibility index (Phi) is 8.48. The number of para-hydroxylation sites is 1. The summed E-state index contributed by atoms with van der Waals surface area (Å²) >= 11 is 0. The highest BCUT2D eigenvalue weighted by molar-refractivity contribution is 5.79. The first-order chi connectivity index (χ1) is 15.6. The standard InChI is InChI=1S/C25H31N3O4/c1-3-28(21-10-12-32-13-11-21)24-9-8-18(20(17-31-2)15-25(29)30)14-23(24)27-22-7-5-4-6-19(22)16-26/h4-9,14,20-21,27H,3,10-13,15,17H2,1-2H3,(H,29,30)/t20-/m0/s1. The van der Waals surface area contributed by atoms with Gasteiger partial charge in [0.25, 0.3) is 0 Å². The molecule has 2 N–H and O–H groups in total. The minimum atomic E-state index is -0.863. The number of ether oxygens (including phenoxy) is 2. The highest BCUT2D eigenvalue weighted by Crippen LogP contribution is 2.36. The van der Waals surface area contributed by atoms with Crippen molar-refractivity contribution in [1.29, 1.82) is 5.26 Å². The number of carbonyl (C=O) groups is 1. The van der Waals surface area contributed by atoms with Crippen molar-refractivity contribution < 1.29 is 19.4 Å². The van der Waals surface area contributed by atoms with Crippen LogP contribution >= 0.6 is 0 Å². The molecule has 0 aliphatic carbocycles. The number of carboxylic acids is 1. The SMILES string of the molecule is CCN(c1ccc([C@H](COC)CC(=O)O)cc1Nc1ccccc1C#N)C1CCOCC1. The molecule has 0 unspecified atom stereocenters. The van der Waals surface area contributed by atoms with Crippen molar-refractivity contribution in [2.24, 2.45) is 0 Å². The molecule has 1 atom stereocenters. The Labute approximate surface area is 189 Å². The topological polar surface area (TPSA) is 94.8 Å². The van der Waals surface area contributed by atoms with Gasteiger partial charge in [-0.2, -0.15) is 5.26 Å². The number of hydrogen-bond acceptors (Lipinski definition) is 6. The third-order valence-electron chi connectivity index (χ3n) is 5.88. The minimum Gasteiger partial charge on any atom is -0.481 e. The molecule has 1 aliphatic heterocycles. The molecule has 7 heteroatoms. The second-order valence-electron chi connectivity index (χ2n) is 7.94. The van der Waals surface area contributed by atoms with E-state index in [1.165, 1.54) is 0 Å². The molecule has 7 nitrogen and oxygen atoms in total. The number of carboxylic acid groups (broad SMARTS) is 1. The van der Waals surface area contributed by atoms with E-state index in [2.05, 4.69) is 29.3 Å². The van der Waals surface area contributed by atoms with E-state index in [0.717, 1.165) is 55.2 Å². The van der Waals surface area contributed by atoms with E-state index in [9.17, 15) is 15.2 Å². The lowest BCUT2D eigenvalue weighted by atomic mass is 9.94. The first kappa shape index (κ1) is 23.6. The Hall–Kier alpha value is -3.08. The summed E-state index contributed by atoms with van der Waals surface area (Å²) in [7, 11) is 1.58. The molecule has 0 aromatic heterocycles. The van der Waals surface area contributed by atoms with E-state index >= 15 is 0 Å². The van der Waals surface area contributed by atoms with Gasteiger partial charge < -0.3 is 24.8 Å². The fourth-order valence-electron chi connectivity index (χ4n) is 4.30. The number of aliphatic carboxylic acids is 1. The summed E-state index contributed by atoms with van der Waals surface area (Å²) in [5.41, 5.74) is 4.04. The number of rotatable bonds is 10. The van der Waals surface area contributed by atoms with E-state index < -0.39 is 5.97 Å². The maximum Gasteiger partial charge on any atom is 0.304 e. The van der Waals surface area contributed by atoms with Crippen LogP contribution in [0, 0.1) is 11.3 Å². The summed E-state index contributed by atoms with van der Waals surface area (Å²) in [6, 6.07) is 16.0. The Balaban J connectivity index is 2.04. The number of anilines is 3. The van der Waals surface area contributed by atoms with E-state index in [0.29, 0.717) is 18.2 Å². The van der Waals surface area contributed by atoms with Gasteiger partial charge >= 0.3 is 5.97 Å². The first-order valence-corrected chi connectivity index (χ1v) is 11.0. The zero-order chi connectivity index (χ0) is 22.9. The number of nitrogens with zero attached hydrogens (tertiary/aromatic N) is 2. The van der Waals surface area contributed by atoms with Gasteiger partial charge in [0.15, 0.2) is 0 Å². The predicted octanol–water partition coefficient (Wildman–Crippen LogP) is 4.51. The van der Waals surface area contributed by atoms with Crippen LogP contribution in [0.1, 0.15) is 43.2 Å². The fourth-order valence-corrected chi connectivity index (χ4v) is 4.30. The van der Waals surface area contributed by atoms with Crippen LogP contribution in [0.4, 0.5) is 17.1 Å². The van der Waals surface area contributed by atoms with E-state index in [1.54, 1.807) is 13.2 Å². The minimum absolute atomic E-state index is 0.0150. The van der Waals surface area contributed by atoms with Gasteiger partial charge in [0.1, 0.15) is 6.07 Å². The van der Waals surface area contributed by atoms with Gasteiger partial charge in [-0.15, -0.1) is 0 Å². The molecule has 2 aromatic rings. The molecule has 0 saturated carbocycles. The third kappa shape index (κ3) is 5.78. The summed E-state index contributed by atoms with van der Waals surface area (Å²) in [5.74, 6) is -1.13. The van der Waals surface area contributed by atoms with Gasteiger partial charge in [-0.05, 0) is 49.6 Å². The number of hydrogen-bond donors (Lipinski definition) is 2. The molecule has 170 valence electrons. The molecule has 3 rings (SSSR count). The molecule has 2 aromatic carbocycles. The Bertz CT molecular complexity index is 950. The number of nitrogens with one attached hydrogen (secondary N) is 1. The molecule has 32 heavy (non-hydrogen) atoms. The van der Waals surface area contributed by atoms with Crippen LogP contribution in [-0.4, -0.2) is 50.6 Å². The van der Waals surface area contributed by atoms with Crippen LogP contribution in [-0.2, 0) is 14.3 Å². The number of methoxy groups -OCH3 is 1. The molecule has 1 aliphatic rings. The van der Waals surface area contributed by atoms with Gasteiger partial charge in [-0.25, -0.2) is 0 Å². The van der Waals surface area contributed by atoms with Crippen LogP contribution in [0.2, 0.25) is 0 Å². The van der Waals surface area contributed by atoms with Crippen LogP contribution in [0.5, 0.6) is 0 Å². The average Bonchev–Trinajstić information content (AvgIpc) is 2.81. The van der Waals surface area contributed by atoms with Crippen molar-refractivity contribution in [1.82, 2.24) is 0 Å². The van der Waals surface area contributed by atoms with E-state index in [-0.39, 0.29) is 12.3 Å². The highest BCUT2D eigenvalue weighted by Gasteiger charge is 2.24. The zero-order valence-electron chi connectivity index (χ0n) is 18.7. The summed E-state index contributed by atoms with van der Waals surface area (Å²) in [6.45, 7) is 4.77.